The molecule has 144 valence electrons. The maximum atomic E-state index is 12.7. The highest BCUT2D eigenvalue weighted by Gasteiger charge is 2.23. The van der Waals surface area contributed by atoms with Crippen molar-refractivity contribution in [1.82, 2.24) is 15.2 Å². The molecule has 0 unspecified atom stereocenters. The highest BCUT2D eigenvalue weighted by molar-refractivity contribution is 5.92. The number of ether oxygens (including phenoxy) is 2. The summed E-state index contributed by atoms with van der Waals surface area (Å²) in [4.78, 5) is 16.8. The molecule has 0 spiro atoms. The van der Waals surface area contributed by atoms with E-state index in [2.05, 4.69) is 15.2 Å². The molecule has 0 fully saturated rings. The Hall–Kier alpha value is -4.00. The minimum atomic E-state index is -0.739. The maximum absolute atomic E-state index is 12.7. The fourth-order valence-electron chi connectivity index (χ4n) is 2.60. The van der Waals surface area contributed by atoms with Gasteiger partial charge in [-0.1, -0.05) is 36.4 Å². The summed E-state index contributed by atoms with van der Waals surface area (Å²) in [6.45, 7) is 1.66. The van der Waals surface area contributed by atoms with E-state index in [9.17, 15) is 4.79 Å². The molecular formula is C22H17N3O4. The minimum Gasteiger partial charge on any atom is -0.449 e. The van der Waals surface area contributed by atoms with Gasteiger partial charge in [0, 0.05) is 11.8 Å². The van der Waals surface area contributed by atoms with Gasteiger partial charge in [0.15, 0.2) is 6.10 Å². The molecule has 29 heavy (non-hydrogen) atoms. The van der Waals surface area contributed by atoms with E-state index in [1.54, 1.807) is 37.4 Å². The number of benzene rings is 2. The Bertz CT molecular complexity index is 1100. The predicted molar refractivity (Wildman–Crippen MR) is 104 cm³/mol. The lowest BCUT2D eigenvalue weighted by Crippen LogP contribution is -2.11. The van der Waals surface area contributed by atoms with Gasteiger partial charge in [-0.15, -0.1) is 10.2 Å². The molecule has 2 heterocycles. The number of carbonyl (C=O) groups excluding carboxylic acids is 1. The molecule has 0 radical (unpaired) electrons. The average Bonchev–Trinajstić information content (AvgIpc) is 3.26. The van der Waals surface area contributed by atoms with Crippen LogP contribution in [0, 0.1) is 0 Å². The zero-order valence-electron chi connectivity index (χ0n) is 15.6. The number of rotatable bonds is 6. The first-order chi connectivity index (χ1) is 14.2. The molecule has 7 nitrogen and oxygen atoms in total. The molecule has 0 aliphatic carbocycles. The standard InChI is InChI=1S/C22H17N3O4/c1-15(19-24-25-20(29-19)16-9-4-2-5-10-16)27-22(26)18-13-8-14-23-21(18)28-17-11-6-3-7-12-17/h2-15H,1H3/t15-/m1/s1. The number of nitrogens with zero attached hydrogens (tertiary/aromatic N) is 3. The second-order valence-corrected chi connectivity index (χ2v) is 6.13. The monoisotopic (exact) mass is 387 g/mol. The topological polar surface area (TPSA) is 87.3 Å². The molecule has 0 bridgehead atoms. The van der Waals surface area contributed by atoms with Crippen molar-refractivity contribution in [2.24, 2.45) is 0 Å². The molecule has 4 rings (SSSR count). The summed E-state index contributed by atoms with van der Waals surface area (Å²) in [6, 6.07) is 21.7. The summed E-state index contributed by atoms with van der Waals surface area (Å²) in [5, 5.41) is 8.00. The normalized spacial score (nSPS) is 11.6. The van der Waals surface area contributed by atoms with E-state index in [1.165, 1.54) is 0 Å². The molecule has 0 saturated heterocycles. The molecule has 1 atom stereocenters. The molecule has 2 aromatic carbocycles. The first-order valence-corrected chi connectivity index (χ1v) is 8.98. The van der Waals surface area contributed by atoms with E-state index in [1.807, 2.05) is 48.5 Å². The third kappa shape index (κ3) is 4.30. The van der Waals surface area contributed by atoms with Crippen LogP contribution in [-0.2, 0) is 4.74 Å². The van der Waals surface area contributed by atoms with Crippen molar-refractivity contribution in [2.45, 2.75) is 13.0 Å². The largest absolute Gasteiger partial charge is 0.449 e. The van der Waals surface area contributed by atoms with E-state index in [4.69, 9.17) is 13.9 Å². The fourth-order valence-corrected chi connectivity index (χ4v) is 2.60. The molecule has 0 aliphatic rings. The van der Waals surface area contributed by atoms with E-state index in [0.29, 0.717) is 11.6 Å². The second kappa shape index (κ2) is 8.35. The average molecular weight is 387 g/mol. The van der Waals surface area contributed by atoms with Crippen LogP contribution in [0.2, 0.25) is 0 Å². The maximum Gasteiger partial charge on any atom is 0.344 e. The summed E-state index contributed by atoms with van der Waals surface area (Å²) in [6.07, 6.45) is 0.806. The molecule has 7 heteroatoms. The minimum absolute atomic E-state index is 0.159. The number of para-hydroxylation sites is 1. The second-order valence-electron chi connectivity index (χ2n) is 6.13. The Labute approximate surface area is 167 Å². The van der Waals surface area contributed by atoms with Crippen molar-refractivity contribution in [1.29, 1.82) is 0 Å². The number of esters is 1. The van der Waals surface area contributed by atoms with Crippen molar-refractivity contribution >= 4 is 5.97 Å². The van der Waals surface area contributed by atoms with Crippen LogP contribution in [0.3, 0.4) is 0 Å². The third-order valence-corrected chi connectivity index (χ3v) is 4.04. The van der Waals surface area contributed by atoms with Gasteiger partial charge in [0.05, 0.1) is 0 Å². The Balaban J connectivity index is 1.49. The molecule has 0 saturated carbocycles. The van der Waals surface area contributed by atoms with Gasteiger partial charge in [-0.05, 0) is 43.3 Å². The van der Waals surface area contributed by atoms with Crippen LogP contribution < -0.4 is 4.74 Å². The quantitative estimate of drug-likeness (QED) is 0.437. The van der Waals surface area contributed by atoms with E-state index < -0.39 is 12.1 Å². The zero-order valence-corrected chi connectivity index (χ0v) is 15.6. The van der Waals surface area contributed by atoms with Gasteiger partial charge in [-0.25, -0.2) is 9.78 Å². The first kappa shape index (κ1) is 18.4. The van der Waals surface area contributed by atoms with Crippen molar-refractivity contribution in [3.8, 4) is 23.1 Å². The van der Waals surface area contributed by atoms with Gasteiger partial charge in [-0.3, -0.25) is 0 Å². The SMILES string of the molecule is C[C@@H](OC(=O)c1cccnc1Oc1ccccc1)c1nnc(-c2ccccc2)o1. The van der Waals surface area contributed by atoms with Gasteiger partial charge >= 0.3 is 5.97 Å². The summed E-state index contributed by atoms with van der Waals surface area (Å²) >= 11 is 0. The summed E-state index contributed by atoms with van der Waals surface area (Å²) < 4.78 is 16.9. The lowest BCUT2D eigenvalue weighted by Gasteiger charge is -2.12. The smallest absolute Gasteiger partial charge is 0.344 e. The highest BCUT2D eigenvalue weighted by atomic mass is 16.6. The predicted octanol–water partition coefficient (Wildman–Crippen LogP) is 4.84. The lowest BCUT2D eigenvalue weighted by molar-refractivity contribution is 0.0276. The van der Waals surface area contributed by atoms with E-state index in [0.717, 1.165) is 5.56 Å². The van der Waals surface area contributed by atoms with Crippen LogP contribution in [0.4, 0.5) is 0 Å². The summed E-state index contributed by atoms with van der Waals surface area (Å²) in [5.41, 5.74) is 0.988. The van der Waals surface area contributed by atoms with E-state index in [-0.39, 0.29) is 17.3 Å². The van der Waals surface area contributed by atoms with Gasteiger partial charge < -0.3 is 13.9 Å². The Morgan fingerprint density at radius 3 is 2.41 bits per heavy atom. The third-order valence-electron chi connectivity index (χ3n) is 4.04. The van der Waals surface area contributed by atoms with Crippen LogP contribution in [0.25, 0.3) is 11.5 Å². The van der Waals surface area contributed by atoms with E-state index >= 15 is 0 Å². The van der Waals surface area contributed by atoms with Gasteiger partial charge in [0.25, 0.3) is 5.89 Å². The number of aromatic nitrogens is 3. The molecular weight excluding hydrogens is 370 g/mol. The van der Waals surface area contributed by atoms with Gasteiger partial charge in [0.2, 0.25) is 11.8 Å². The number of pyridine rings is 1. The van der Waals surface area contributed by atoms with Crippen molar-refractivity contribution < 1.29 is 18.7 Å². The van der Waals surface area contributed by atoms with Gasteiger partial charge in [-0.2, -0.15) is 0 Å². The molecule has 4 aromatic rings. The summed E-state index contributed by atoms with van der Waals surface area (Å²) in [5.74, 6) is 0.685. The van der Waals surface area contributed by atoms with Crippen LogP contribution in [0.15, 0.2) is 83.4 Å². The number of hydrogen-bond donors (Lipinski definition) is 0. The molecule has 0 N–H and O–H groups in total. The highest BCUT2D eigenvalue weighted by Crippen LogP contribution is 2.26. The summed E-state index contributed by atoms with van der Waals surface area (Å²) in [7, 11) is 0. The number of hydrogen-bond acceptors (Lipinski definition) is 7. The first-order valence-electron chi connectivity index (χ1n) is 8.98. The lowest BCUT2D eigenvalue weighted by atomic mass is 10.2. The van der Waals surface area contributed by atoms with Crippen molar-refractivity contribution in [3.63, 3.8) is 0 Å². The van der Waals surface area contributed by atoms with Crippen molar-refractivity contribution in [3.05, 3.63) is 90.4 Å². The van der Waals surface area contributed by atoms with Crippen LogP contribution in [0.1, 0.15) is 29.3 Å². The van der Waals surface area contributed by atoms with Crippen LogP contribution in [0.5, 0.6) is 11.6 Å². The fraction of sp³-hybridized carbons (Fsp3) is 0.0909. The van der Waals surface area contributed by atoms with Crippen molar-refractivity contribution in [2.75, 3.05) is 0 Å². The van der Waals surface area contributed by atoms with Crippen LogP contribution in [-0.4, -0.2) is 21.2 Å². The molecule has 0 amide bonds. The Morgan fingerprint density at radius 1 is 0.931 bits per heavy atom. The van der Waals surface area contributed by atoms with Gasteiger partial charge in [0.1, 0.15) is 11.3 Å². The van der Waals surface area contributed by atoms with Crippen LogP contribution >= 0.6 is 0 Å². The number of carbonyl (C=O) groups is 1. The molecule has 0 aliphatic heterocycles. The Kier molecular flexibility index (Phi) is 5.29. The molecule has 2 aromatic heterocycles. The Morgan fingerprint density at radius 2 is 1.66 bits per heavy atom. The zero-order chi connectivity index (χ0) is 20.1.